The van der Waals surface area contributed by atoms with Crippen molar-refractivity contribution in [2.45, 2.75) is 46.1 Å². The lowest BCUT2D eigenvalue weighted by Gasteiger charge is -2.28. The normalized spacial score (nSPS) is 22.4. The van der Waals surface area contributed by atoms with E-state index in [1.165, 1.54) is 21.8 Å². The highest BCUT2D eigenvalue weighted by Gasteiger charge is 2.45. The SMILES string of the molecule is Cc1ncsc1/C=C1\CCC[C@H]2C1=NN(C(=O)c1scnc1C)[C@@H]2c1scnc1C. The number of hydrazone groups is 1. The van der Waals surface area contributed by atoms with Crippen LogP contribution in [0.25, 0.3) is 6.08 Å². The minimum Gasteiger partial charge on any atom is -0.266 e. The van der Waals surface area contributed by atoms with Gasteiger partial charge >= 0.3 is 0 Å². The van der Waals surface area contributed by atoms with E-state index in [-0.39, 0.29) is 17.9 Å². The van der Waals surface area contributed by atoms with Crippen molar-refractivity contribution in [3.8, 4) is 0 Å². The van der Waals surface area contributed by atoms with Crippen molar-refractivity contribution < 1.29 is 4.79 Å². The summed E-state index contributed by atoms with van der Waals surface area (Å²) >= 11 is 4.65. The Morgan fingerprint density at radius 2 is 1.77 bits per heavy atom. The Kier molecular flexibility index (Phi) is 5.12. The minimum absolute atomic E-state index is 0.0666. The van der Waals surface area contributed by atoms with Gasteiger partial charge < -0.3 is 0 Å². The van der Waals surface area contributed by atoms with Gasteiger partial charge in [0.25, 0.3) is 5.91 Å². The van der Waals surface area contributed by atoms with Crippen molar-refractivity contribution in [2.75, 3.05) is 0 Å². The summed E-state index contributed by atoms with van der Waals surface area (Å²) in [4.78, 5) is 29.6. The van der Waals surface area contributed by atoms with Crippen LogP contribution < -0.4 is 0 Å². The zero-order valence-electron chi connectivity index (χ0n) is 17.0. The van der Waals surface area contributed by atoms with Gasteiger partial charge in [-0.2, -0.15) is 5.10 Å². The lowest BCUT2D eigenvalue weighted by molar-refractivity contribution is 0.0687. The van der Waals surface area contributed by atoms with E-state index in [9.17, 15) is 4.79 Å². The standard InChI is InChI=1S/C21H21N5OS3/c1-11-16(28-8-22-11)7-14-5-4-6-15-17(14)25-26(18(15)19-12(2)23-9-29-19)21(27)20-13(3)24-10-30-20/h7-10,15,18H,4-6H2,1-3H3/b14-7+/t15-,18-/m0/s1. The van der Waals surface area contributed by atoms with Crippen LogP contribution in [0.15, 0.2) is 27.2 Å². The Morgan fingerprint density at radius 1 is 1.03 bits per heavy atom. The largest absolute Gasteiger partial charge is 0.286 e. The molecule has 3 aromatic heterocycles. The Labute approximate surface area is 187 Å². The Morgan fingerprint density at radius 3 is 2.43 bits per heavy atom. The summed E-state index contributed by atoms with van der Waals surface area (Å²) in [6, 6.07) is -0.104. The molecule has 154 valence electrons. The zero-order valence-corrected chi connectivity index (χ0v) is 19.4. The minimum atomic E-state index is -0.104. The number of fused-ring (bicyclic) bond motifs is 1. The third-order valence-corrected chi connectivity index (χ3v) is 8.58. The van der Waals surface area contributed by atoms with Crippen molar-refractivity contribution in [3.05, 3.63) is 53.8 Å². The quantitative estimate of drug-likeness (QED) is 0.529. The van der Waals surface area contributed by atoms with E-state index < -0.39 is 0 Å². The van der Waals surface area contributed by atoms with Crippen LogP contribution >= 0.6 is 34.0 Å². The molecule has 3 aromatic rings. The first kappa shape index (κ1) is 19.7. The van der Waals surface area contributed by atoms with Gasteiger partial charge in [-0.15, -0.1) is 34.0 Å². The van der Waals surface area contributed by atoms with Crippen molar-refractivity contribution in [2.24, 2.45) is 11.0 Å². The summed E-state index contributed by atoms with van der Waals surface area (Å²) < 4.78 is 0. The molecule has 4 heterocycles. The fourth-order valence-corrected chi connectivity index (χ4v) is 6.68. The van der Waals surface area contributed by atoms with Crippen molar-refractivity contribution in [1.82, 2.24) is 20.0 Å². The van der Waals surface area contributed by atoms with Gasteiger partial charge in [0.05, 0.1) is 49.1 Å². The molecule has 2 aliphatic rings. The average molecular weight is 456 g/mol. The molecule has 2 atom stereocenters. The Bertz CT molecular complexity index is 1170. The number of aryl methyl sites for hydroxylation is 3. The summed E-state index contributed by atoms with van der Waals surface area (Å²) in [6.07, 6.45) is 5.30. The van der Waals surface area contributed by atoms with Crippen molar-refractivity contribution in [1.29, 1.82) is 0 Å². The number of rotatable bonds is 3. The first-order chi connectivity index (χ1) is 14.5. The van der Waals surface area contributed by atoms with Crippen LogP contribution in [0.3, 0.4) is 0 Å². The maximum Gasteiger partial charge on any atom is 0.286 e. The van der Waals surface area contributed by atoms with Gasteiger partial charge in [0.15, 0.2) is 0 Å². The number of aromatic nitrogens is 3. The van der Waals surface area contributed by atoms with Crippen LogP contribution in [0.4, 0.5) is 0 Å². The fourth-order valence-electron chi connectivity index (χ4n) is 4.24. The van der Waals surface area contributed by atoms with E-state index in [1.54, 1.807) is 33.2 Å². The molecule has 0 N–H and O–H groups in total. The average Bonchev–Trinajstić information content (AvgIpc) is 3.50. The summed E-state index contributed by atoms with van der Waals surface area (Å²) in [5.74, 6) is 0.123. The van der Waals surface area contributed by atoms with E-state index in [0.29, 0.717) is 4.88 Å². The third kappa shape index (κ3) is 3.25. The van der Waals surface area contributed by atoms with E-state index in [1.807, 2.05) is 31.8 Å². The van der Waals surface area contributed by atoms with E-state index in [0.717, 1.165) is 46.9 Å². The maximum atomic E-state index is 13.5. The molecule has 1 aliphatic heterocycles. The van der Waals surface area contributed by atoms with Crippen LogP contribution in [0.2, 0.25) is 0 Å². The van der Waals surface area contributed by atoms with Gasteiger partial charge in [0.1, 0.15) is 10.9 Å². The number of amides is 1. The number of hydrogen-bond donors (Lipinski definition) is 0. The first-order valence-electron chi connectivity index (χ1n) is 9.87. The molecule has 9 heteroatoms. The number of nitrogens with zero attached hydrogens (tertiary/aromatic N) is 5. The molecule has 1 aliphatic carbocycles. The van der Waals surface area contributed by atoms with Gasteiger partial charge in [-0.25, -0.2) is 20.0 Å². The molecule has 0 unspecified atom stereocenters. The first-order valence-corrected chi connectivity index (χ1v) is 12.5. The summed E-state index contributed by atoms with van der Waals surface area (Å²) in [6.45, 7) is 5.93. The Balaban J connectivity index is 1.61. The van der Waals surface area contributed by atoms with Gasteiger partial charge in [0, 0.05) is 5.92 Å². The number of carbonyl (C=O) groups is 1. The van der Waals surface area contributed by atoms with E-state index in [4.69, 9.17) is 5.10 Å². The maximum absolute atomic E-state index is 13.5. The molecule has 5 rings (SSSR count). The number of hydrogen-bond acceptors (Lipinski definition) is 8. The molecule has 0 bridgehead atoms. The molecule has 0 spiro atoms. The summed E-state index contributed by atoms with van der Waals surface area (Å²) in [5.41, 5.74) is 10.5. The predicted molar refractivity (Wildman–Crippen MR) is 122 cm³/mol. The zero-order chi connectivity index (χ0) is 20.8. The van der Waals surface area contributed by atoms with Gasteiger partial charge in [-0.3, -0.25) is 4.79 Å². The lowest BCUT2D eigenvalue weighted by Crippen LogP contribution is -2.31. The number of allylic oxidation sites excluding steroid dienone is 1. The van der Waals surface area contributed by atoms with Crippen LogP contribution in [-0.2, 0) is 0 Å². The fraction of sp³-hybridized carbons (Fsp3) is 0.381. The molecular formula is C21H21N5OS3. The van der Waals surface area contributed by atoms with E-state index >= 15 is 0 Å². The molecule has 6 nitrogen and oxygen atoms in total. The van der Waals surface area contributed by atoms with Crippen LogP contribution in [0.5, 0.6) is 0 Å². The second kappa shape index (κ2) is 7.79. The summed E-state index contributed by atoms with van der Waals surface area (Å²) in [5, 5.41) is 6.66. The number of thiazole rings is 3. The highest BCUT2D eigenvalue weighted by Crippen LogP contribution is 2.47. The second-order valence-electron chi connectivity index (χ2n) is 7.62. The summed E-state index contributed by atoms with van der Waals surface area (Å²) in [7, 11) is 0. The molecule has 1 amide bonds. The predicted octanol–water partition coefficient (Wildman–Crippen LogP) is 5.42. The second-order valence-corrected chi connectivity index (χ2v) is 10.2. The topological polar surface area (TPSA) is 71.3 Å². The van der Waals surface area contributed by atoms with Gasteiger partial charge in [-0.05, 0) is 51.7 Å². The smallest absolute Gasteiger partial charge is 0.266 e. The number of carbonyl (C=O) groups excluding carboxylic acids is 1. The third-order valence-electron chi connectivity index (χ3n) is 5.79. The van der Waals surface area contributed by atoms with Crippen molar-refractivity contribution in [3.63, 3.8) is 0 Å². The molecule has 30 heavy (non-hydrogen) atoms. The van der Waals surface area contributed by atoms with E-state index in [2.05, 4.69) is 21.0 Å². The highest BCUT2D eigenvalue weighted by atomic mass is 32.1. The molecular weight excluding hydrogens is 434 g/mol. The molecule has 1 fully saturated rings. The Hall–Kier alpha value is -2.23. The van der Waals surface area contributed by atoms with Crippen LogP contribution in [0, 0.1) is 26.7 Å². The lowest BCUT2D eigenvalue weighted by atomic mass is 9.79. The highest BCUT2D eigenvalue weighted by molar-refractivity contribution is 7.12. The van der Waals surface area contributed by atoms with Gasteiger partial charge in [-0.1, -0.05) is 0 Å². The monoisotopic (exact) mass is 455 g/mol. The van der Waals surface area contributed by atoms with Crippen LogP contribution in [0.1, 0.15) is 61.8 Å². The molecule has 1 saturated carbocycles. The molecule has 0 saturated heterocycles. The molecule has 0 radical (unpaired) electrons. The van der Waals surface area contributed by atoms with Crippen molar-refractivity contribution >= 4 is 51.7 Å². The van der Waals surface area contributed by atoms with Crippen LogP contribution in [-0.4, -0.2) is 31.6 Å². The molecule has 0 aromatic carbocycles. The van der Waals surface area contributed by atoms with Gasteiger partial charge in [0.2, 0.25) is 0 Å².